The van der Waals surface area contributed by atoms with Gasteiger partial charge in [0.15, 0.2) is 0 Å². The van der Waals surface area contributed by atoms with Crippen LogP contribution < -0.4 is 5.32 Å². The van der Waals surface area contributed by atoms with E-state index >= 15 is 0 Å². The Hall–Kier alpha value is -1.58. The average Bonchev–Trinajstić information content (AvgIpc) is 2.41. The molecule has 0 aliphatic carbocycles. The lowest BCUT2D eigenvalue weighted by molar-refractivity contribution is 0.0953. The van der Waals surface area contributed by atoms with Crippen LogP contribution >= 0.6 is 23.2 Å². The van der Waals surface area contributed by atoms with Gasteiger partial charge in [-0.25, -0.2) is 4.39 Å². The molecular weight excluding hydrogens is 312 g/mol. The van der Waals surface area contributed by atoms with Crippen LogP contribution in [0, 0.1) is 12.7 Å². The molecule has 0 unspecified atom stereocenters. The highest BCUT2D eigenvalue weighted by molar-refractivity contribution is 6.35. The molecule has 2 aromatic carbocycles. The van der Waals surface area contributed by atoms with E-state index < -0.39 is 0 Å². The molecule has 0 saturated carbocycles. The van der Waals surface area contributed by atoms with Gasteiger partial charge in [0.2, 0.25) is 0 Å². The fraction of sp³-hybridized carbons (Fsp3) is 0.188. The van der Waals surface area contributed by atoms with Crippen LogP contribution in [0.4, 0.5) is 4.39 Å². The van der Waals surface area contributed by atoms with Crippen molar-refractivity contribution in [2.24, 2.45) is 0 Å². The first-order valence-electron chi connectivity index (χ1n) is 6.45. The molecule has 1 amide bonds. The van der Waals surface area contributed by atoms with Crippen molar-refractivity contribution in [3.05, 3.63) is 69.0 Å². The van der Waals surface area contributed by atoms with Gasteiger partial charge in [-0.2, -0.15) is 0 Å². The molecule has 0 aromatic heterocycles. The Balaban J connectivity index is 1.95. The van der Waals surface area contributed by atoms with Gasteiger partial charge in [0.1, 0.15) is 5.82 Å². The quantitative estimate of drug-likeness (QED) is 0.886. The summed E-state index contributed by atoms with van der Waals surface area (Å²) in [7, 11) is 0. The zero-order valence-electron chi connectivity index (χ0n) is 11.4. The molecule has 21 heavy (non-hydrogen) atoms. The van der Waals surface area contributed by atoms with Crippen LogP contribution in [0.15, 0.2) is 36.4 Å². The molecule has 0 saturated heterocycles. The lowest BCUT2D eigenvalue weighted by Gasteiger charge is -2.09. The number of halogens is 3. The maximum atomic E-state index is 13.0. The van der Waals surface area contributed by atoms with Gasteiger partial charge in [0, 0.05) is 22.2 Å². The first-order chi connectivity index (χ1) is 9.97. The molecule has 110 valence electrons. The van der Waals surface area contributed by atoms with Crippen LogP contribution in [-0.2, 0) is 6.42 Å². The topological polar surface area (TPSA) is 29.1 Å². The van der Waals surface area contributed by atoms with Crippen LogP contribution in [0.5, 0.6) is 0 Å². The lowest BCUT2D eigenvalue weighted by atomic mass is 10.1. The first-order valence-corrected chi connectivity index (χ1v) is 7.21. The summed E-state index contributed by atoms with van der Waals surface area (Å²) in [6, 6.07) is 9.36. The van der Waals surface area contributed by atoms with E-state index in [0.717, 1.165) is 5.56 Å². The van der Waals surface area contributed by atoms with Crippen LogP contribution in [0.1, 0.15) is 21.5 Å². The maximum Gasteiger partial charge on any atom is 0.251 e. The van der Waals surface area contributed by atoms with Crippen LogP contribution in [0.25, 0.3) is 0 Å². The minimum absolute atomic E-state index is 0.224. The number of carbonyl (C=O) groups is 1. The number of hydrogen-bond acceptors (Lipinski definition) is 1. The Morgan fingerprint density at radius 1 is 1.19 bits per heavy atom. The van der Waals surface area contributed by atoms with Gasteiger partial charge in [-0.15, -0.1) is 0 Å². The Labute approximate surface area is 132 Å². The zero-order chi connectivity index (χ0) is 15.4. The van der Waals surface area contributed by atoms with Crippen molar-refractivity contribution in [3.8, 4) is 0 Å². The Bertz CT molecular complexity index is 673. The minimum atomic E-state index is -0.350. The molecule has 0 spiro atoms. The smallest absolute Gasteiger partial charge is 0.251 e. The predicted molar refractivity (Wildman–Crippen MR) is 83.6 cm³/mol. The molecule has 0 radical (unpaired) electrons. The SMILES string of the molecule is Cc1cc(F)ccc1C(=O)NCCc1ccc(Cl)cc1Cl. The normalized spacial score (nSPS) is 10.5. The standard InChI is InChI=1S/C16H14Cl2FNO/c1-10-8-13(19)4-5-14(10)16(21)20-7-6-11-2-3-12(17)9-15(11)18/h2-5,8-9H,6-7H2,1H3,(H,20,21). The van der Waals surface area contributed by atoms with Gasteiger partial charge < -0.3 is 5.32 Å². The molecule has 1 N–H and O–H groups in total. The summed E-state index contributed by atoms with van der Waals surface area (Å²) in [6.45, 7) is 2.14. The Morgan fingerprint density at radius 2 is 1.95 bits per heavy atom. The molecule has 0 atom stereocenters. The van der Waals surface area contributed by atoms with E-state index in [4.69, 9.17) is 23.2 Å². The summed E-state index contributed by atoms with van der Waals surface area (Å²) in [5.41, 5.74) is 1.99. The van der Waals surface area contributed by atoms with Crippen molar-refractivity contribution in [1.29, 1.82) is 0 Å². The maximum absolute atomic E-state index is 13.0. The van der Waals surface area contributed by atoms with Gasteiger partial charge >= 0.3 is 0 Å². The number of rotatable bonds is 4. The molecule has 2 rings (SSSR count). The summed E-state index contributed by atoms with van der Waals surface area (Å²) in [5, 5.41) is 3.95. The van der Waals surface area contributed by atoms with Crippen LogP contribution in [0.3, 0.4) is 0 Å². The van der Waals surface area contributed by atoms with E-state index in [0.29, 0.717) is 34.1 Å². The van der Waals surface area contributed by atoms with Crippen LogP contribution in [0.2, 0.25) is 10.0 Å². The summed E-state index contributed by atoms with van der Waals surface area (Å²) in [5.74, 6) is -0.574. The van der Waals surface area contributed by atoms with Crippen molar-refractivity contribution in [1.82, 2.24) is 5.32 Å². The molecule has 2 aromatic rings. The second-order valence-electron chi connectivity index (χ2n) is 4.70. The van der Waals surface area contributed by atoms with Crippen molar-refractivity contribution >= 4 is 29.1 Å². The number of hydrogen-bond donors (Lipinski definition) is 1. The third-order valence-electron chi connectivity index (χ3n) is 3.13. The van der Waals surface area contributed by atoms with E-state index in [1.54, 1.807) is 19.1 Å². The Kier molecular flexibility index (Phi) is 5.21. The van der Waals surface area contributed by atoms with E-state index in [9.17, 15) is 9.18 Å². The summed E-state index contributed by atoms with van der Waals surface area (Å²) >= 11 is 11.9. The number of amides is 1. The highest BCUT2D eigenvalue weighted by Gasteiger charge is 2.09. The highest BCUT2D eigenvalue weighted by atomic mass is 35.5. The molecular formula is C16H14Cl2FNO. The van der Waals surface area contributed by atoms with Crippen molar-refractivity contribution < 1.29 is 9.18 Å². The summed E-state index contributed by atoms with van der Waals surface area (Å²) < 4.78 is 13.0. The van der Waals surface area contributed by atoms with Gasteiger partial charge in [0.25, 0.3) is 5.91 Å². The van der Waals surface area contributed by atoms with Crippen LogP contribution in [-0.4, -0.2) is 12.5 Å². The van der Waals surface area contributed by atoms with Crippen molar-refractivity contribution in [2.45, 2.75) is 13.3 Å². The first kappa shape index (κ1) is 15.8. The molecule has 5 heteroatoms. The van der Waals surface area contributed by atoms with Crippen molar-refractivity contribution in [2.75, 3.05) is 6.54 Å². The third-order valence-corrected chi connectivity index (χ3v) is 3.72. The summed E-state index contributed by atoms with van der Waals surface area (Å²) in [6.07, 6.45) is 0.599. The van der Waals surface area contributed by atoms with E-state index in [2.05, 4.69) is 5.32 Å². The molecule has 0 heterocycles. The molecule has 0 bridgehead atoms. The van der Waals surface area contributed by atoms with E-state index in [1.807, 2.05) is 6.07 Å². The minimum Gasteiger partial charge on any atom is -0.352 e. The van der Waals surface area contributed by atoms with Gasteiger partial charge in [-0.3, -0.25) is 4.79 Å². The molecule has 0 fully saturated rings. The second-order valence-corrected chi connectivity index (χ2v) is 5.54. The monoisotopic (exact) mass is 325 g/mol. The lowest BCUT2D eigenvalue weighted by Crippen LogP contribution is -2.26. The van der Waals surface area contributed by atoms with E-state index in [1.165, 1.54) is 18.2 Å². The summed E-state index contributed by atoms with van der Waals surface area (Å²) in [4.78, 5) is 12.0. The molecule has 0 aliphatic rings. The zero-order valence-corrected chi connectivity index (χ0v) is 12.9. The number of aryl methyl sites for hydroxylation is 1. The van der Waals surface area contributed by atoms with Gasteiger partial charge in [-0.1, -0.05) is 29.3 Å². The largest absolute Gasteiger partial charge is 0.352 e. The molecule has 0 aliphatic heterocycles. The number of carbonyl (C=O) groups excluding carboxylic acids is 1. The fourth-order valence-electron chi connectivity index (χ4n) is 2.01. The van der Waals surface area contributed by atoms with Gasteiger partial charge in [-0.05, 0) is 54.8 Å². The van der Waals surface area contributed by atoms with Gasteiger partial charge in [0.05, 0.1) is 0 Å². The third kappa shape index (κ3) is 4.19. The molecule has 2 nitrogen and oxygen atoms in total. The fourth-order valence-corrected chi connectivity index (χ4v) is 2.52. The van der Waals surface area contributed by atoms with Crippen molar-refractivity contribution in [3.63, 3.8) is 0 Å². The average molecular weight is 326 g/mol. The Morgan fingerprint density at radius 3 is 2.62 bits per heavy atom. The second kappa shape index (κ2) is 6.92. The number of nitrogens with one attached hydrogen (secondary N) is 1. The predicted octanol–water partition coefficient (Wildman–Crippen LogP) is 4.41. The van der Waals surface area contributed by atoms with E-state index in [-0.39, 0.29) is 11.7 Å². The number of benzene rings is 2. The highest BCUT2D eigenvalue weighted by Crippen LogP contribution is 2.21.